The minimum absolute atomic E-state index is 0.0116. The van der Waals surface area contributed by atoms with Crippen LogP contribution in [0.15, 0.2) is 58.4 Å². The summed E-state index contributed by atoms with van der Waals surface area (Å²) in [6, 6.07) is 13.3. The van der Waals surface area contributed by atoms with Crippen LogP contribution in [0.3, 0.4) is 0 Å². The SMILES string of the molecule is O=c1c2ccccc2nc(CN2CCCCC2)n1/N=C/c1ccc([N+](=O)[O-])cc1. The molecule has 29 heavy (non-hydrogen) atoms. The van der Waals surface area contributed by atoms with Crippen molar-refractivity contribution in [1.82, 2.24) is 14.6 Å². The quantitative estimate of drug-likeness (QED) is 0.378. The minimum Gasteiger partial charge on any atom is -0.296 e. The third-order valence-corrected chi connectivity index (χ3v) is 5.06. The molecule has 0 N–H and O–H groups in total. The van der Waals surface area contributed by atoms with E-state index in [-0.39, 0.29) is 11.2 Å². The van der Waals surface area contributed by atoms with Crippen LogP contribution in [0.1, 0.15) is 30.7 Å². The fourth-order valence-electron chi connectivity index (χ4n) is 3.52. The van der Waals surface area contributed by atoms with Gasteiger partial charge in [-0.25, -0.2) is 4.98 Å². The fourth-order valence-corrected chi connectivity index (χ4v) is 3.52. The van der Waals surface area contributed by atoms with Gasteiger partial charge in [-0.3, -0.25) is 19.8 Å². The number of para-hydroxylation sites is 1. The second kappa shape index (κ2) is 8.32. The van der Waals surface area contributed by atoms with E-state index in [1.807, 2.05) is 12.1 Å². The van der Waals surface area contributed by atoms with Gasteiger partial charge in [0.1, 0.15) is 5.82 Å². The number of rotatable bonds is 5. The molecule has 0 unspecified atom stereocenters. The zero-order valence-corrected chi connectivity index (χ0v) is 15.9. The van der Waals surface area contributed by atoms with Gasteiger partial charge in [-0.2, -0.15) is 9.78 Å². The van der Waals surface area contributed by atoms with Gasteiger partial charge < -0.3 is 0 Å². The first-order valence-electron chi connectivity index (χ1n) is 9.64. The van der Waals surface area contributed by atoms with E-state index < -0.39 is 4.92 Å². The van der Waals surface area contributed by atoms with E-state index in [2.05, 4.69) is 10.0 Å². The Kier molecular flexibility index (Phi) is 5.44. The number of benzene rings is 2. The van der Waals surface area contributed by atoms with E-state index >= 15 is 0 Å². The Bertz CT molecular complexity index is 1120. The molecule has 4 rings (SSSR count). The average molecular weight is 391 g/mol. The normalized spacial score (nSPS) is 15.2. The summed E-state index contributed by atoms with van der Waals surface area (Å²) in [5.41, 5.74) is 1.11. The third kappa shape index (κ3) is 4.22. The first kappa shape index (κ1) is 18.9. The van der Waals surface area contributed by atoms with Gasteiger partial charge in [0.2, 0.25) is 0 Å². The van der Waals surface area contributed by atoms with Crippen LogP contribution in [0.5, 0.6) is 0 Å². The summed E-state index contributed by atoms with van der Waals surface area (Å²) in [7, 11) is 0. The molecule has 0 radical (unpaired) electrons. The van der Waals surface area contributed by atoms with Gasteiger partial charge in [-0.15, -0.1) is 0 Å². The molecule has 8 heteroatoms. The number of fused-ring (bicyclic) bond motifs is 1. The highest BCUT2D eigenvalue weighted by atomic mass is 16.6. The first-order valence-corrected chi connectivity index (χ1v) is 9.64. The number of hydrogen-bond donors (Lipinski definition) is 0. The molecule has 1 aliphatic heterocycles. The molecular formula is C21H21N5O3. The Morgan fingerprint density at radius 3 is 2.52 bits per heavy atom. The Balaban J connectivity index is 1.72. The lowest BCUT2D eigenvalue weighted by Gasteiger charge is -2.26. The molecule has 3 aromatic rings. The van der Waals surface area contributed by atoms with E-state index in [0.29, 0.717) is 28.8 Å². The third-order valence-electron chi connectivity index (χ3n) is 5.06. The number of nitrogens with zero attached hydrogens (tertiary/aromatic N) is 5. The number of hydrogen-bond acceptors (Lipinski definition) is 6. The fraction of sp³-hybridized carbons (Fsp3) is 0.286. The van der Waals surface area contributed by atoms with Crippen molar-refractivity contribution < 1.29 is 4.92 Å². The van der Waals surface area contributed by atoms with Crippen molar-refractivity contribution in [3.63, 3.8) is 0 Å². The smallest absolute Gasteiger partial charge is 0.282 e. The van der Waals surface area contributed by atoms with E-state index in [4.69, 9.17) is 4.98 Å². The Morgan fingerprint density at radius 1 is 1.07 bits per heavy atom. The van der Waals surface area contributed by atoms with Crippen molar-refractivity contribution in [2.24, 2.45) is 5.10 Å². The number of nitro groups is 1. The molecular weight excluding hydrogens is 370 g/mol. The molecule has 2 aromatic carbocycles. The van der Waals surface area contributed by atoms with Gasteiger partial charge >= 0.3 is 0 Å². The second-order valence-corrected chi connectivity index (χ2v) is 7.09. The molecule has 1 fully saturated rings. The molecule has 0 atom stereocenters. The van der Waals surface area contributed by atoms with Gasteiger partial charge in [0.15, 0.2) is 0 Å². The van der Waals surface area contributed by atoms with E-state index in [1.165, 1.54) is 29.4 Å². The molecule has 0 saturated carbocycles. The lowest BCUT2D eigenvalue weighted by atomic mass is 10.1. The molecule has 1 aliphatic rings. The Morgan fingerprint density at radius 2 is 1.79 bits per heavy atom. The van der Waals surface area contributed by atoms with Crippen molar-refractivity contribution >= 4 is 22.8 Å². The summed E-state index contributed by atoms with van der Waals surface area (Å²) < 4.78 is 1.35. The van der Waals surface area contributed by atoms with Crippen molar-refractivity contribution in [1.29, 1.82) is 0 Å². The van der Waals surface area contributed by atoms with Crippen LogP contribution in [0.2, 0.25) is 0 Å². The molecule has 148 valence electrons. The largest absolute Gasteiger partial charge is 0.296 e. The maximum Gasteiger partial charge on any atom is 0.282 e. The zero-order chi connectivity index (χ0) is 20.2. The van der Waals surface area contributed by atoms with Crippen molar-refractivity contribution in [3.05, 3.63) is 80.4 Å². The summed E-state index contributed by atoms with van der Waals surface area (Å²) in [4.78, 5) is 30.4. The van der Waals surface area contributed by atoms with E-state index in [0.717, 1.165) is 25.9 Å². The first-order chi connectivity index (χ1) is 14.1. The highest BCUT2D eigenvalue weighted by molar-refractivity contribution is 5.80. The topological polar surface area (TPSA) is 93.6 Å². The highest BCUT2D eigenvalue weighted by Gasteiger charge is 2.16. The van der Waals surface area contributed by atoms with E-state index in [1.54, 1.807) is 24.3 Å². The predicted molar refractivity (Wildman–Crippen MR) is 111 cm³/mol. The molecule has 0 spiro atoms. The van der Waals surface area contributed by atoms with Gasteiger partial charge in [-0.05, 0) is 55.8 Å². The molecule has 1 aromatic heterocycles. The van der Waals surface area contributed by atoms with Gasteiger partial charge in [0.05, 0.1) is 28.6 Å². The van der Waals surface area contributed by atoms with Gasteiger partial charge in [-0.1, -0.05) is 18.6 Å². The molecule has 1 saturated heterocycles. The molecule has 8 nitrogen and oxygen atoms in total. The standard InChI is InChI=1S/C21H21N5O3/c27-21-18-6-2-3-7-19(18)23-20(15-24-12-4-1-5-13-24)25(21)22-14-16-8-10-17(11-9-16)26(28)29/h2-3,6-11,14H,1,4-5,12-13,15H2/b22-14+. The summed E-state index contributed by atoms with van der Waals surface area (Å²) in [5, 5.41) is 15.7. The average Bonchev–Trinajstić information content (AvgIpc) is 2.74. The number of nitro benzene ring substituents is 1. The van der Waals surface area contributed by atoms with Gasteiger partial charge in [0.25, 0.3) is 11.2 Å². The summed E-state index contributed by atoms with van der Waals surface area (Å²) >= 11 is 0. The van der Waals surface area contributed by atoms with Crippen molar-refractivity contribution in [3.8, 4) is 0 Å². The van der Waals surface area contributed by atoms with E-state index in [9.17, 15) is 14.9 Å². The number of piperidine rings is 1. The lowest BCUT2D eigenvalue weighted by Crippen LogP contribution is -2.33. The summed E-state index contributed by atoms with van der Waals surface area (Å²) in [6.07, 6.45) is 5.04. The Labute approximate surface area is 167 Å². The second-order valence-electron chi connectivity index (χ2n) is 7.09. The highest BCUT2D eigenvalue weighted by Crippen LogP contribution is 2.14. The van der Waals surface area contributed by atoms with Crippen molar-refractivity contribution in [2.75, 3.05) is 13.1 Å². The maximum atomic E-state index is 13.1. The summed E-state index contributed by atoms with van der Waals surface area (Å²) in [5.74, 6) is 0.591. The van der Waals surface area contributed by atoms with Crippen LogP contribution in [-0.2, 0) is 6.54 Å². The summed E-state index contributed by atoms with van der Waals surface area (Å²) in [6.45, 7) is 2.52. The predicted octanol–water partition coefficient (Wildman–Crippen LogP) is 3.17. The van der Waals surface area contributed by atoms with Crippen molar-refractivity contribution in [2.45, 2.75) is 25.8 Å². The minimum atomic E-state index is -0.449. The van der Waals surface area contributed by atoms with Crippen LogP contribution in [0.25, 0.3) is 10.9 Å². The maximum absolute atomic E-state index is 13.1. The molecule has 0 aliphatic carbocycles. The lowest BCUT2D eigenvalue weighted by molar-refractivity contribution is -0.384. The number of likely N-dealkylation sites (tertiary alicyclic amines) is 1. The number of non-ortho nitro benzene ring substituents is 1. The molecule has 2 heterocycles. The Hall–Kier alpha value is -3.39. The molecule has 0 bridgehead atoms. The van der Waals surface area contributed by atoms with Crippen LogP contribution >= 0.6 is 0 Å². The van der Waals surface area contributed by atoms with Crippen LogP contribution in [-0.4, -0.2) is 38.8 Å². The van der Waals surface area contributed by atoms with Gasteiger partial charge in [0, 0.05) is 12.1 Å². The monoisotopic (exact) mass is 391 g/mol. The van der Waals surface area contributed by atoms with Crippen LogP contribution in [0.4, 0.5) is 5.69 Å². The molecule has 0 amide bonds. The van der Waals surface area contributed by atoms with Crippen LogP contribution in [0, 0.1) is 10.1 Å². The van der Waals surface area contributed by atoms with Crippen LogP contribution < -0.4 is 5.56 Å². The zero-order valence-electron chi connectivity index (χ0n) is 15.9. The number of aromatic nitrogens is 2.